The average Bonchev–Trinajstić information content (AvgIpc) is 3.64. The Morgan fingerprint density at radius 2 is 1.72 bits per heavy atom. The predicted molar refractivity (Wildman–Crippen MR) is 178 cm³/mol. The Bertz CT molecular complexity index is 1590. The average molecular weight is 623 g/mol. The molecular weight excluding hydrogens is 580 g/mol. The van der Waals surface area contributed by atoms with Crippen LogP contribution in [0, 0.1) is 18.8 Å². The molecule has 3 heterocycles. The highest BCUT2D eigenvalue weighted by Gasteiger charge is 2.29. The molecule has 1 saturated carbocycles. The van der Waals surface area contributed by atoms with E-state index in [4.69, 9.17) is 10.7 Å². The van der Waals surface area contributed by atoms with E-state index in [1.165, 1.54) is 0 Å². The van der Waals surface area contributed by atoms with Crippen molar-refractivity contribution in [3.05, 3.63) is 71.9 Å². The van der Waals surface area contributed by atoms with Crippen LogP contribution >= 0.6 is 0 Å². The van der Waals surface area contributed by atoms with E-state index in [2.05, 4.69) is 66.6 Å². The van der Waals surface area contributed by atoms with Gasteiger partial charge in [-0.15, -0.1) is 10.2 Å². The number of tetrazole rings is 1. The highest BCUT2D eigenvalue weighted by atomic mass is 16.2. The third-order valence-corrected chi connectivity index (χ3v) is 9.18. The summed E-state index contributed by atoms with van der Waals surface area (Å²) in [6, 6.07) is 16.8. The van der Waals surface area contributed by atoms with Crippen molar-refractivity contribution in [2.45, 2.75) is 45.1 Å². The van der Waals surface area contributed by atoms with E-state index < -0.39 is 6.04 Å². The van der Waals surface area contributed by atoms with Crippen LogP contribution in [0.4, 0.5) is 11.5 Å². The van der Waals surface area contributed by atoms with Gasteiger partial charge in [-0.1, -0.05) is 24.3 Å². The van der Waals surface area contributed by atoms with Crippen LogP contribution in [0.1, 0.15) is 36.8 Å². The van der Waals surface area contributed by atoms with E-state index in [1.54, 1.807) is 12.1 Å². The van der Waals surface area contributed by atoms with Gasteiger partial charge in [0.15, 0.2) is 0 Å². The largest absolute Gasteiger partial charge is 0.354 e. The van der Waals surface area contributed by atoms with E-state index in [0.29, 0.717) is 30.4 Å². The summed E-state index contributed by atoms with van der Waals surface area (Å²) in [5, 5.41) is 23.5. The lowest BCUT2D eigenvalue weighted by Crippen LogP contribution is -2.48. The summed E-state index contributed by atoms with van der Waals surface area (Å²) in [5.41, 5.74) is 11.5. The van der Waals surface area contributed by atoms with E-state index in [-0.39, 0.29) is 17.7 Å². The highest BCUT2D eigenvalue weighted by Crippen LogP contribution is 2.29. The monoisotopic (exact) mass is 622 g/mol. The van der Waals surface area contributed by atoms with Gasteiger partial charge in [0.1, 0.15) is 11.9 Å². The molecule has 1 aliphatic carbocycles. The molecule has 1 aliphatic heterocycles. The van der Waals surface area contributed by atoms with Crippen molar-refractivity contribution in [3.8, 4) is 22.5 Å². The van der Waals surface area contributed by atoms with Gasteiger partial charge in [-0.2, -0.15) is 5.21 Å². The van der Waals surface area contributed by atoms with Crippen molar-refractivity contribution in [2.24, 2.45) is 17.6 Å². The number of H-pyrrole nitrogens is 1. The van der Waals surface area contributed by atoms with Gasteiger partial charge < -0.3 is 26.6 Å². The Labute approximate surface area is 268 Å². The Morgan fingerprint density at radius 3 is 2.37 bits per heavy atom. The number of rotatable bonds is 10. The molecule has 1 saturated heterocycles. The van der Waals surface area contributed by atoms with Crippen molar-refractivity contribution in [2.75, 3.05) is 42.9 Å². The molecule has 4 aromatic rings. The molecular formula is C34H42N10O2. The first-order valence-electron chi connectivity index (χ1n) is 16.1. The Morgan fingerprint density at radius 1 is 1.00 bits per heavy atom. The van der Waals surface area contributed by atoms with Crippen molar-refractivity contribution in [1.29, 1.82) is 0 Å². The number of amides is 2. The second kappa shape index (κ2) is 14.6. The molecule has 1 unspecified atom stereocenters. The number of aromatic amines is 1. The van der Waals surface area contributed by atoms with Crippen molar-refractivity contribution < 1.29 is 9.59 Å². The van der Waals surface area contributed by atoms with Gasteiger partial charge in [0.25, 0.3) is 0 Å². The number of benzene rings is 2. The van der Waals surface area contributed by atoms with Gasteiger partial charge >= 0.3 is 0 Å². The molecule has 12 heteroatoms. The van der Waals surface area contributed by atoms with Crippen LogP contribution in [-0.2, 0) is 16.0 Å². The van der Waals surface area contributed by atoms with Crippen molar-refractivity contribution in [1.82, 2.24) is 36.2 Å². The van der Waals surface area contributed by atoms with Gasteiger partial charge in [0.05, 0.1) is 0 Å². The number of nitrogens with one attached hydrogen (secondary N) is 4. The third kappa shape index (κ3) is 7.57. The standard InChI is InChI=1S/C34H42N10O2/c1-22-18-31(44-16-14-36-15-17-44)37-21-29(22)25-6-2-23(3-7-25)19-30(39-33(45)27-8-4-24(20-35)5-9-27)34(46)38-28-12-10-26(11-13-28)32-40-42-43-41-32/h2-3,6-7,10-13,18,21,24,27,30,36H,4-5,8-9,14-17,19-20,35H2,1H3,(H,38,46)(H,39,45)(H,40,41,42,43). The Kier molecular flexibility index (Phi) is 9.94. The van der Waals surface area contributed by atoms with Crippen LogP contribution in [0.15, 0.2) is 60.8 Å². The summed E-state index contributed by atoms with van der Waals surface area (Å²) in [6.07, 6.45) is 5.75. The maximum absolute atomic E-state index is 13.6. The number of hydrogen-bond acceptors (Lipinski definition) is 9. The lowest BCUT2D eigenvalue weighted by molar-refractivity contribution is -0.130. The van der Waals surface area contributed by atoms with Crippen LogP contribution in [0.3, 0.4) is 0 Å². The Hall–Kier alpha value is -4.68. The van der Waals surface area contributed by atoms with Gasteiger partial charge in [-0.25, -0.2) is 4.98 Å². The summed E-state index contributed by atoms with van der Waals surface area (Å²) in [7, 11) is 0. The summed E-state index contributed by atoms with van der Waals surface area (Å²) in [5.74, 6) is 1.47. The van der Waals surface area contributed by atoms with Gasteiger partial charge in [-0.3, -0.25) is 9.59 Å². The van der Waals surface area contributed by atoms with Gasteiger partial charge in [-0.05, 0) is 97.3 Å². The number of pyridine rings is 1. The number of hydrogen-bond donors (Lipinski definition) is 5. The number of aromatic nitrogens is 5. The molecule has 1 atom stereocenters. The van der Waals surface area contributed by atoms with E-state index in [1.807, 2.05) is 30.5 Å². The second-order valence-electron chi connectivity index (χ2n) is 12.3. The van der Waals surface area contributed by atoms with Crippen LogP contribution < -0.4 is 26.6 Å². The molecule has 46 heavy (non-hydrogen) atoms. The minimum Gasteiger partial charge on any atom is -0.354 e. The molecule has 0 bridgehead atoms. The molecule has 240 valence electrons. The number of aryl methyl sites for hydroxylation is 1. The molecule has 2 aromatic carbocycles. The molecule has 2 aromatic heterocycles. The number of carbonyl (C=O) groups is 2. The first-order valence-corrected chi connectivity index (χ1v) is 16.1. The fraction of sp³-hybridized carbons (Fsp3) is 0.412. The summed E-state index contributed by atoms with van der Waals surface area (Å²) in [6.45, 7) is 6.59. The first-order chi connectivity index (χ1) is 22.5. The molecule has 0 spiro atoms. The summed E-state index contributed by atoms with van der Waals surface area (Å²) < 4.78 is 0. The van der Waals surface area contributed by atoms with E-state index >= 15 is 0 Å². The molecule has 6 rings (SSSR count). The molecule has 2 fully saturated rings. The number of nitrogens with two attached hydrogens (primary N) is 1. The molecule has 12 nitrogen and oxygen atoms in total. The zero-order valence-corrected chi connectivity index (χ0v) is 26.2. The van der Waals surface area contributed by atoms with Crippen molar-refractivity contribution >= 4 is 23.3 Å². The lowest BCUT2D eigenvalue weighted by Gasteiger charge is -2.29. The van der Waals surface area contributed by atoms with Crippen LogP contribution in [-0.4, -0.2) is 76.2 Å². The zero-order chi connectivity index (χ0) is 31.9. The topological polar surface area (TPSA) is 167 Å². The maximum atomic E-state index is 13.6. The minimum atomic E-state index is -0.746. The predicted octanol–water partition coefficient (Wildman–Crippen LogP) is 3.08. The smallest absolute Gasteiger partial charge is 0.247 e. The number of nitrogens with zero attached hydrogens (tertiary/aromatic N) is 5. The summed E-state index contributed by atoms with van der Waals surface area (Å²) >= 11 is 0. The molecule has 6 N–H and O–H groups in total. The maximum Gasteiger partial charge on any atom is 0.247 e. The SMILES string of the molecule is Cc1cc(N2CCNCC2)ncc1-c1ccc(CC(NC(=O)C2CCC(CN)CC2)C(=O)Nc2ccc(-c3nn[nH]n3)cc2)cc1. The quantitative estimate of drug-likeness (QED) is 0.179. The third-order valence-electron chi connectivity index (χ3n) is 9.18. The molecule has 2 aliphatic rings. The van der Waals surface area contributed by atoms with Crippen molar-refractivity contribution in [3.63, 3.8) is 0 Å². The Balaban J connectivity index is 1.16. The van der Waals surface area contributed by atoms with E-state index in [9.17, 15) is 9.59 Å². The second-order valence-corrected chi connectivity index (χ2v) is 12.3. The minimum absolute atomic E-state index is 0.0778. The molecule has 2 amide bonds. The number of carbonyl (C=O) groups excluding carboxylic acids is 2. The zero-order valence-electron chi connectivity index (χ0n) is 26.2. The van der Waals surface area contributed by atoms with Crippen LogP contribution in [0.25, 0.3) is 22.5 Å². The fourth-order valence-electron chi connectivity index (χ4n) is 6.34. The van der Waals surface area contributed by atoms with Gasteiger partial charge in [0.2, 0.25) is 17.6 Å². The highest BCUT2D eigenvalue weighted by molar-refractivity contribution is 5.97. The number of piperazine rings is 1. The van der Waals surface area contributed by atoms with E-state index in [0.717, 1.165) is 85.5 Å². The number of anilines is 2. The van der Waals surface area contributed by atoms with Gasteiger partial charge in [0, 0.05) is 61.5 Å². The normalized spacial score (nSPS) is 19.0. The molecule has 0 radical (unpaired) electrons. The summed E-state index contributed by atoms with van der Waals surface area (Å²) in [4.78, 5) is 34.1. The fourth-order valence-corrected chi connectivity index (χ4v) is 6.34. The van der Waals surface area contributed by atoms with Crippen LogP contribution in [0.2, 0.25) is 0 Å². The lowest BCUT2D eigenvalue weighted by atomic mass is 9.81. The first kappa shape index (κ1) is 31.3. The van der Waals surface area contributed by atoms with Crippen LogP contribution in [0.5, 0.6) is 0 Å².